The van der Waals surface area contributed by atoms with Crippen molar-refractivity contribution in [3.63, 3.8) is 0 Å². The molecule has 138 valence electrons. The first kappa shape index (κ1) is 19.2. The van der Waals surface area contributed by atoms with Gasteiger partial charge in [0.15, 0.2) is 0 Å². The van der Waals surface area contributed by atoms with Crippen LogP contribution >= 0.6 is 11.6 Å². The van der Waals surface area contributed by atoms with E-state index in [4.69, 9.17) is 16.3 Å². The second kappa shape index (κ2) is 9.40. The van der Waals surface area contributed by atoms with Gasteiger partial charge in [0.2, 0.25) is 0 Å². The number of halogens is 1. The van der Waals surface area contributed by atoms with Crippen LogP contribution in [0.5, 0.6) is 5.75 Å². The van der Waals surface area contributed by atoms with Crippen molar-refractivity contribution in [2.24, 2.45) is 0 Å². The molecule has 0 radical (unpaired) electrons. The quantitative estimate of drug-likeness (QED) is 0.450. The highest BCUT2D eigenvalue weighted by Crippen LogP contribution is 2.20. The molecule has 5 heteroatoms. The smallest absolute Gasteiger partial charge is 0.266 e. The van der Waals surface area contributed by atoms with E-state index >= 15 is 0 Å². The SMILES string of the molecule is N#C/C(=C\c1ccc(OCc2ccccc2Cl)cc1)C(=O)Nc1ccccc1. The number of carbonyl (C=O) groups excluding carboxylic acids is 1. The fourth-order valence-electron chi connectivity index (χ4n) is 2.47. The average molecular weight is 389 g/mol. The maximum Gasteiger partial charge on any atom is 0.266 e. The minimum absolute atomic E-state index is 0.0218. The van der Waals surface area contributed by atoms with E-state index in [0.717, 1.165) is 11.1 Å². The molecule has 28 heavy (non-hydrogen) atoms. The zero-order valence-corrected chi connectivity index (χ0v) is 15.7. The molecule has 4 nitrogen and oxygen atoms in total. The maximum absolute atomic E-state index is 12.3. The number of hydrogen-bond donors (Lipinski definition) is 1. The number of benzene rings is 3. The summed E-state index contributed by atoms with van der Waals surface area (Å²) in [7, 11) is 0. The molecular formula is C23H17ClN2O2. The van der Waals surface area contributed by atoms with Gasteiger partial charge in [-0.15, -0.1) is 0 Å². The van der Waals surface area contributed by atoms with E-state index in [1.807, 2.05) is 48.5 Å². The topological polar surface area (TPSA) is 62.1 Å². The summed E-state index contributed by atoms with van der Waals surface area (Å²) >= 11 is 6.12. The fourth-order valence-corrected chi connectivity index (χ4v) is 2.66. The van der Waals surface area contributed by atoms with Gasteiger partial charge in [0.1, 0.15) is 24.0 Å². The van der Waals surface area contributed by atoms with Gasteiger partial charge in [0, 0.05) is 16.3 Å². The lowest BCUT2D eigenvalue weighted by molar-refractivity contribution is -0.112. The van der Waals surface area contributed by atoms with E-state index in [0.29, 0.717) is 23.1 Å². The lowest BCUT2D eigenvalue weighted by Crippen LogP contribution is -2.13. The molecule has 1 N–H and O–H groups in total. The van der Waals surface area contributed by atoms with Crippen LogP contribution < -0.4 is 10.1 Å². The van der Waals surface area contributed by atoms with Crippen molar-refractivity contribution in [3.05, 3.63) is 101 Å². The predicted octanol–water partition coefficient (Wildman–Crippen LogP) is 5.46. The Morgan fingerprint density at radius 3 is 2.36 bits per heavy atom. The van der Waals surface area contributed by atoms with E-state index < -0.39 is 5.91 Å². The number of anilines is 1. The molecule has 3 aromatic rings. The van der Waals surface area contributed by atoms with Gasteiger partial charge in [-0.05, 0) is 42.0 Å². The maximum atomic E-state index is 12.3. The van der Waals surface area contributed by atoms with Crippen LogP contribution in [0.1, 0.15) is 11.1 Å². The molecule has 0 saturated heterocycles. The third kappa shape index (κ3) is 5.23. The van der Waals surface area contributed by atoms with E-state index in [9.17, 15) is 10.1 Å². The zero-order chi connectivity index (χ0) is 19.8. The Bertz CT molecular complexity index is 1020. The summed E-state index contributed by atoms with van der Waals surface area (Å²) < 4.78 is 5.74. The van der Waals surface area contributed by atoms with Crippen LogP contribution in [0.15, 0.2) is 84.4 Å². The highest BCUT2D eigenvalue weighted by Gasteiger charge is 2.09. The number of para-hydroxylation sites is 1. The minimum Gasteiger partial charge on any atom is -0.489 e. The minimum atomic E-state index is -0.451. The molecule has 0 unspecified atom stereocenters. The van der Waals surface area contributed by atoms with E-state index in [2.05, 4.69) is 5.32 Å². The summed E-state index contributed by atoms with van der Waals surface area (Å²) in [6.07, 6.45) is 1.54. The van der Waals surface area contributed by atoms with Crippen molar-refractivity contribution < 1.29 is 9.53 Å². The van der Waals surface area contributed by atoms with Gasteiger partial charge in [-0.2, -0.15) is 5.26 Å². The Balaban J connectivity index is 1.65. The molecule has 0 fully saturated rings. The summed E-state index contributed by atoms with van der Waals surface area (Å²) in [4.78, 5) is 12.3. The van der Waals surface area contributed by atoms with Gasteiger partial charge >= 0.3 is 0 Å². The summed E-state index contributed by atoms with van der Waals surface area (Å²) in [5.41, 5.74) is 2.29. The van der Waals surface area contributed by atoms with Crippen LogP contribution in [0, 0.1) is 11.3 Å². The summed E-state index contributed by atoms with van der Waals surface area (Å²) in [5.74, 6) is 0.220. The molecule has 0 aromatic heterocycles. The number of nitrogens with zero attached hydrogens (tertiary/aromatic N) is 1. The molecule has 0 aliphatic rings. The largest absolute Gasteiger partial charge is 0.489 e. The Morgan fingerprint density at radius 1 is 1.00 bits per heavy atom. The highest BCUT2D eigenvalue weighted by atomic mass is 35.5. The van der Waals surface area contributed by atoms with E-state index in [-0.39, 0.29) is 5.57 Å². The lowest BCUT2D eigenvalue weighted by Gasteiger charge is -2.08. The summed E-state index contributed by atoms with van der Waals surface area (Å²) in [6, 6.07) is 25.6. The second-order valence-electron chi connectivity index (χ2n) is 5.94. The van der Waals surface area contributed by atoms with Gasteiger partial charge < -0.3 is 10.1 Å². The second-order valence-corrected chi connectivity index (χ2v) is 6.35. The molecule has 0 bridgehead atoms. The van der Waals surface area contributed by atoms with Crippen LogP contribution in [0.25, 0.3) is 6.08 Å². The number of nitrogens with one attached hydrogen (secondary N) is 1. The Kier molecular flexibility index (Phi) is 6.46. The van der Waals surface area contributed by atoms with Crippen molar-refractivity contribution >= 4 is 29.3 Å². The molecule has 3 rings (SSSR count). The first-order chi connectivity index (χ1) is 13.7. The third-order valence-electron chi connectivity index (χ3n) is 3.94. The molecule has 0 saturated carbocycles. The highest BCUT2D eigenvalue weighted by molar-refractivity contribution is 6.31. The molecular weight excluding hydrogens is 372 g/mol. The van der Waals surface area contributed by atoms with Crippen LogP contribution in [0.4, 0.5) is 5.69 Å². The van der Waals surface area contributed by atoms with Gasteiger partial charge in [-0.25, -0.2) is 0 Å². The predicted molar refractivity (Wildman–Crippen MR) is 111 cm³/mol. The van der Waals surface area contributed by atoms with Crippen LogP contribution in [-0.4, -0.2) is 5.91 Å². The molecule has 0 aliphatic carbocycles. The van der Waals surface area contributed by atoms with Crippen LogP contribution in [0.2, 0.25) is 5.02 Å². The Hall–Kier alpha value is -3.55. The Labute approximate surface area is 168 Å². The first-order valence-corrected chi connectivity index (χ1v) is 8.98. The van der Waals surface area contributed by atoms with Crippen molar-refractivity contribution in [2.45, 2.75) is 6.61 Å². The Morgan fingerprint density at radius 2 is 1.68 bits per heavy atom. The van der Waals surface area contributed by atoms with Crippen molar-refractivity contribution in [1.82, 2.24) is 0 Å². The number of ether oxygens (including phenoxy) is 1. The van der Waals surface area contributed by atoms with Crippen LogP contribution in [-0.2, 0) is 11.4 Å². The van der Waals surface area contributed by atoms with Gasteiger partial charge in [-0.3, -0.25) is 4.79 Å². The van der Waals surface area contributed by atoms with E-state index in [1.165, 1.54) is 6.08 Å². The monoisotopic (exact) mass is 388 g/mol. The number of hydrogen-bond acceptors (Lipinski definition) is 3. The number of nitriles is 1. The van der Waals surface area contributed by atoms with Crippen molar-refractivity contribution in [3.8, 4) is 11.8 Å². The average Bonchev–Trinajstić information content (AvgIpc) is 2.73. The summed E-state index contributed by atoms with van der Waals surface area (Å²) in [6.45, 7) is 0.359. The first-order valence-electron chi connectivity index (χ1n) is 8.60. The number of amides is 1. The van der Waals surface area contributed by atoms with Crippen LogP contribution in [0.3, 0.4) is 0 Å². The molecule has 0 heterocycles. The van der Waals surface area contributed by atoms with Crippen molar-refractivity contribution in [1.29, 1.82) is 5.26 Å². The normalized spacial score (nSPS) is 10.8. The third-order valence-corrected chi connectivity index (χ3v) is 4.31. The molecule has 0 atom stereocenters. The summed E-state index contributed by atoms with van der Waals surface area (Å²) in [5, 5.41) is 12.7. The number of carbonyl (C=O) groups is 1. The van der Waals surface area contributed by atoms with Gasteiger partial charge in [0.05, 0.1) is 0 Å². The van der Waals surface area contributed by atoms with Gasteiger partial charge in [-0.1, -0.05) is 60.1 Å². The fraction of sp³-hybridized carbons (Fsp3) is 0.0435. The zero-order valence-electron chi connectivity index (χ0n) is 14.9. The van der Waals surface area contributed by atoms with E-state index in [1.54, 1.807) is 36.4 Å². The lowest BCUT2D eigenvalue weighted by atomic mass is 10.1. The standard InChI is InChI=1S/C23H17ClN2O2/c24-22-9-5-4-6-18(22)16-28-21-12-10-17(11-13-21)14-19(15-25)23(27)26-20-7-2-1-3-8-20/h1-14H,16H2,(H,26,27)/b19-14+. The number of rotatable bonds is 6. The molecule has 0 aliphatic heterocycles. The molecule has 1 amide bonds. The molecule has 0 spiro atoms. The molecule has 3 aromatic carbocycles. The van der Waals surface area contributed by atoms with Gasteiger partial charge in [0.25, 0.3) is 5.91 Å². The van der Waals surface area contributed by atoms with Crippen molar-refractivity contribution in [2.75, 3.05) is 5.32 Å².